The van der Waals surface area contributed by atoms with Gasteiger partial charge < -0.3 is 15.6 Å². The summed E-state index contributed by atoms with van der Waals surface area (Å²) in [6.07, 6.45) is 11.0. The third kappa shape index (κ3) is 4.45. The maximum atomic E-state index is 12.1. The molecule has 0 aliphatic rings. The number of hydrogen-bond acceptors (Lipinski definition) is 7. The van der Waals surface area contributed by atoms with Crippen LogP contribution in [0, 0.1) is 0 Å². The van der Waals surface area contributed by atoms with Gasteiger partial charge in [0, 0.05) is 38.1 Å². The fourth-order valence-corrected chi connectivity index (χ4v) is 3.64. The van der Waals surface area contributed by atoms with E-state index in [9.17, 15) is 4.79 Å². The predicted molar refractivity (Wildman–Crippen MR) is 119 cm³/mol. The molecule has 1 amide bonds. The number of imidazole rings is 1. The summed E-state index contributed by atoms with van der Waals surface area (Å²) in [6, 6.07) is 3.78. The van der Waals surface area contributed by atoms with Gasteiger partial charge in [-0.15, -0.1) is 0 Å². The molecule has 9 heteroatoms. The fourth-order valence-electron chi connectivity index (χ4n) is 3.64. The first kappa shape index (κ1) is 20.6. The van der Waals surface area contributed by atoms with E-state index >= 15 is 0 Å². The van der Waals surface area contributed by atoms with Crippen molar-refractivity contribution in [3.63, 3.8) is 0 Å². The van der Waals surface area contributed by atoms with Crippen molar-refractivity contribution in [2.75, 3.05) is 12.3 Å². The molecule has 0 unspecified atom stereocenters. The Bertz CT molecular complexity index is 1190. The van der Waals surface area contributed by atoms with Crippen LogP contribution < -0.4 is 11.1 Å². The van der Waals surface area contributed by atoms with Gasteiger partial charge in [-0.2, -0.15) is 0 Å². The lowest BCUT2D eigenvalue weighted by molar-refractivity contribution is 0.0947. The number of nitrogens with one attached hydrogen (secondary N) is 1. The Morgan fingerprint density at radius 3 is 2.81 bits per heavy atom. The van der Waals surface area contributed by atoms with Gasteiger partial charge in [0.2, 0.25) is 0 Å². The Morgan fingerprint density at radius 1 is 1.10 bits per heavy atom. The lowest BCUT2D eigenvalue weighted by Gasteiger charge is -2.11. The minimum absolute atomic E-state index is 0.209. The molecule has 3 N–H and O–H groups in total. The summed E-state index contributed by atoms with van der Waals surface area (Å²) < 4.78 is 2.23. The number of hydrogen-bond donors (Lipinski definition) is 2. The number of carbonyl (C=O) groups excluding carboxylic acids is 1. The molecule has 0 aliphatic heterocycles. The Hall–Kier alpha value is -3.62. The van der Waals surface area contributed by atoms with Gasteiger partial charge in [-0.3, -0.25) is 14.8 Å². The molecule has 4 rings (SSSR count). The maximum Gasteiger partial charge on any atom is 0.271 e. The van der Waals surface area contributed by atoms with Crippen LogP contribution in [0.5, 0.6) is 0 Å². The van der Waals surface area contributed by atoms with E-state index in [0.29, 0.717) is 23.6 Å². The quantitative estimate of drug-likeness (QED) is 0.400. The molecule has 4 aromatic heterocycles. The first-order valence-electron chi connectivity index (χ1n) is 10.6. The van der Waals surface area contributed by atoms with Crippen LogP contribution in [-0.4, -0.2) is 41.9 Å². The molecular weight excluding hydrogens is 392 g/mol. The van der Waals surface area contributed by atoms with E-state index in [1.165, 1.54) is 12.4 Å². The number of nitrogens with two attached hydrogens (primary N) is 1. The zero-order valence-electron chi connectivity index (χ0n) is 17.6. The number of rotatable bonds is 9. The van der Waals surface area contributed by atoms with Crippen LogP contribution in [0.1, 0.15) is 48.9 Å². The highest BCUT2D eigenvalue weighted by Crippen LogP contribution is 2.28. The highest BCUT2D eigenvalue weighted by Gasteiger charge is 2.17. The normalized spacial score (nSPS) is 11.3. The van der Waals surface area contributed by atoms with Crippen molar-refractivity contribution in [3.8, 4) is 0 Å². The summed E-state index contributed by atoms with van der Waals surface area (Å²) in [6.45, 7) is 3.50. The first-order valence-corrected chi connectivity index (χ1v) is 10.6. The van der Waals surface area contributed by atoms with Crippen LogP contribution in [-0.2, 0) is 13.0 Å². The number of aromatic nitrogens is 6. The molecule has 0 radical (unpaired) electrons. The lowest BCUT2D eigenvalue weighted by Crippen LogP contribution is -2.25. The van der Waals surface area contributed by atoms with Gasteiger partial charge in [0.25, 0.3) is 5.91 Å². The molecule has 0 spiro atoms. The SMILES string of the molecule is CCCCc1nc2c(N)nc3cccnc3c2n1CCCCNC(=O)c1cnccn1. The molecule has 4 heterocycles. The zero-order chi connectivity index (χ0) is 21.6. The number of nitrogens with zero attached hydrogens (tertiary/aromatic N) is 6. The van der Waals surface area contributed by atoms with Crippen molar-refractivity contribution in [2.24, 2.45) is 0 Å². The second-order valence-electron chi connectivity index (χ2n) is 7.40. The molecule has 9 nitrogen and oxygen atoms in total. The second-order valence-corrected chi connectivity index (χ2v) is 7.40. The minimum atomic E-state index is -0.209. The number of pyridine rings is 2. The fraction of sp³-hybridized carbons (Fsp3) is 0.364. The smallest absolute Gasteiger partial charge is 0.271 e. The number of anilines is 1. The van der Waals surface area contributed by atoms with E-state index < -0.39 is 0 Å². The molecule has 31 heavy (non-hydrogen) atoms. The van der Waals surface area contributed by atoms with Gasteiger partial charge in [-0.1, -0.05) is 13.3 Å². The van der Waals surface area contributed by atoms with Crippen LogP contribution in [0.15, 0.2) is 36.9 Å². The van der Waals surface area contributed by atoms with E-state index in [0.717, 1.165) is 61.0 Å². The van der Waals surface area contributed by atoms with Crippen molar-refractivity contribution < 1.29 is 4.79 Å². The van der Waals surface area contributed by atoms with Gasteiger partial charge >= 0.3 is 0 Å². The summed E-state index contributed by atoms with van der Waals surface area (Å²) in [5, 5.41) is 2.90. The van der Waals surface area contributed by atoms with Crippen molar-refractivity contribution in [2.45, 2.75) is 45.6 Å². The van der Waals surface area contributed by atoms with Crippen LogP contribution in [0.25, 0.3) is 22.1 Å². The van der Waals surface area contributed by atoms with Crippen LogP contribution >= 0.6 is 0 Å². The van der Waals surface area contributed by atoms with Crippen molar-refractivity contribution >= 4 is 33.8 Å². The van der Waals surface area contributed by atoms with E-state index in [-0.39, 0.29) is 5.91 Å². The van der Waals surface area contributed by atoms with Gasteiger partial charge in [-0.25, -0.2) is 15.0 Å². The Balaban J connectivity index is 1.51. The third-order valence-corrected chi connectivity index (χ3v) is 5.18. The number of aryl methyl sites for hydroxylation is 2. The Labute approximate surface area is 180 Å². The van der Waals surface area contributed by atoms with Crippen LogP contribution in [0.2, 0.25) is 0 Å². The van der Waals surface area contributed by atoms with E-state index in [2.05, 4.69) is 36.7 Å². The molecule has 0 aromatic carbocycles. The summed E-state index contributed by atoms with van der Waals surface area (Å²) >= 11 is 0. The molecule has 4 aromatic rings. The molecule has 160 valence electrons. The van der Waals surface area contributed by atoms with Crippen molar-refractivity contribution in [1.82, 2.24) is 34.8 Å². The summed E-state index contributed by atoms with van der Waals surface area (Å²) in [4.78, 5) is 33.9. The maximum absolute atomic E-state index is 12.1. The van der Waals surface area contributed by atoms with Crippen molar-refractivity contribution in [3.05, 3.63) is 48.4 Å². The zero-order valence-corrected chi connectivity index (χ0v) is 17.6. The molecule has 0 saturated heterocycles. The van der Waals surface area contributed by atoms with Gasteiger partial charge in [0.1, 0.15) is 28.1 Å². The average molecular weight is 419 g/mol. The predicted octanol–water partition coefficient (Wildman–Crippen LogP) is 2.90. The number of carbonyl (C=O) groups is 1. The molecule has 0 saturated carbocycles. The molecular formula is C22H26N8O. The topological polar surface area (TPSA) is 124 Å². The number of unbranched alkanes of at least 4 members (excludes halogenated alkanes) is 2. The van der Waals surface area contributed by atoms with E-state index in [4.69, 9.17) is 10.7 Å². The summed E-state index contributed by atoms with van der Waals surface area (Å²) in [7, 11) is 0. The molecule has 0 aliphatic carbocycles. The summed E-state index contributed by atoms with van der Waals surface area (Å²) in [5.41, 5.74) is 9.80. The average Bonchev–Trinajstić information content (AvgIpc) is 3.17. The van der Waals surface area contributed by atoms with Gasteiger partial charge in [0.05, 0.1) is 11.7 Å². The van der Waals surface area contributed by atoms with Crippen LogP contribution in [0.4, 0.5) is 5.82 Å². The third-order valence-electron chi connectivity index (χ3n) is 5.18. The highest BCUT2D eigenvalue weighted by atomic mass is 16.1. The van der Waals surface area contributed by atoms with E-state index in [1.54, 1.807) is 12.4 Å². The van der Waals surface area contributed by atoms with E-state index in [1.807, 2.05) is 12.1 Å². The highest BCUT2D eigenvalue weighted by molar-refractivity contribution is 6.04. The minimum Gasteiger partial charge on any atom is -0.382 e. The lowest BCUT2D eigenvalue weighted by atomic mass is 10.2. The van der Waals surface area contributed by atoms with Gasteiger partial charge in [-0.05, 0) is 31.4 Å². The van der Waals surface area contributed by atoms with Crippen molar-refractivity contribution in [1.29, 1.82) is 0 Å². The molecule has 0 atom stereocenters. The summed E-state index contributed by atoms with van der Waals surface area (Å²) in [5.74, 6) is 1.23. The first-order chi connectivity index (χ1) is 15.2. The van der Waals surface area contributed by atoms with Gasteiger partial charge in [0.15, 0.2) is 5.82 Å². The standard InChI is InChI=1S/C22H26N8O/c1-2-3-8-17-29-19-20(18-15(28-21(19)23)7-6-10-26-18)30(17)13-5-4-9-27-22(31)16-14-24-11-12-25-16/h6-7,10-12,14H,2-5,8-9,13H2,1H3,(H2,23,28)(H,27,31). The van der Waals surface area contributed by atoms with Crippen LogP contribution in [0.3, 0.4) is 0 Å². The molecule has 0 fully saturated rings. The largest absolute Gasteiger partial charge is 0.382 e. The Kier molecular flexibility index (Phi) is 6.30. The molecule has 0 bridgehead atoms. The number of amides is 1. The number of fused-ring (bicyclic) bond motifs is 3. The Morgan fingerprint density at radius 2 is 2.00 bits per heavy atom. The monoisotopic (exact) mass is 418 g/mol. The second kappa shape index (κ2) is 9.46. The number of nitrogen functional groups attached to an aromatic ring is 1.